The zero-order valence-electron chi connectivity index (χ0n) is 15.8. The summed E-state index contributed by atoms with van der Waals surface area (Å²) in [7, 11) is 1.35. The molecule has 2 heterocycles. The summed E-state index contributed by atoms with van der Waals surface area (Å²) >= 11 is 1.46. The zero-order valence-corrected chi connectivity index (χ0v) is 16.6. The molecule has 0 radical (unpaired) electrons. The number of anilines is 1. The molecular formula is C20H23N3O4S. The van der Waals surface area contributed by atoms with Gasteiger partial charge in [-0.1, -0.05) is 0 Å². The van der Waals surface area contributed by atoms with E-state index in [1.807, 2.05) is 11.0 Å². The highest BCUT2D eigenvalue weighted by Crippen LogP contribution is 2.38. The average Bonchev–Trinajstić information content (AvgIpc) is 3.32. The minimum Gasteiger partial charge on any atom is -0.468 e. The maximum atomic E-state index is 12.7. The number of thiophene rings is 1. The second-order valence-electron chi connectivity index (χ2n) is 6.65. The lowest BCUT2D eigenvalue weighted by Gasteiger charge is -2.19. The Morgan fingerprint density at radius 1 is 1.39 bits per heavy atom. The van der Waals surface area contributed by atoms with Gasteiger partial charge in [-0.2, -0.15) is 5.26 Å². The van der Waals surface area contributed by atoms with Crippen LogP contribution in [-0.2, 0) is 28.9 Å². The summed E-state index contributed by atoms with van der Waals surface area (Å²) < 4.78 is 10.3. The molecule has 28 heavy (non-hydrogen) atoms. The lowest BCUT2D eigenvalue weighted by atomic mass is 9.95. The van der Waals surface area contributed by atoms with Crippen molar-refractivity contribution in [2.75, 3.05) is 25.5 Å². The molecule has 3 rings (SSSR count). The molecule has 148 valence electrons. The molecule has 2 aromatic rings. The number of nitrogens with one attached hydrogen (secondary N) is 1. The monoisotopic (exact) mass is 401 g/mol. The van der Waals surface area contributed by atoms with Crippen LogP contribution in [0.3, 0.4) is 0 Å². The summed E-state index contributed by atoms with van der Waals surface area (Å²) in [6, 6.07) is 5.72. The summed E-state index contributed by atoms with van der Waals surface area (Å²) in [5.41, 5.74) is 1.50. The van der Waals surface area contributed by atoms with E-state index in [-0.39, 0.29) is 12.5 Å². The number of esters is 1. The van der Waals surface area contributed by atoms with E-state index in [0.29, 0.717) is 30.1 Å². The number of amides is 1. The Bertz CT molecular complexity index is 867. The van der Waals surface area contributed by atoms with Crippen molar-refractivity contribution in [3.05, 3.63) is 40.2 Å². The molecule has 7 nitrogen and oxygen atoms in total. The number of rotatable bonds is 8. The van der Waals surface area contributed by atoms with Crippen molar-refractivity contribution in [3.63, 3.8) is 0 Å². The van der Waals surface area contributed by atoms with Crippen molar-refractivity contribution >= 4 is 28.2 Å². The Labute approximate surface area is 167 Å². The number of hydrogen-bond donors (Lipinski definition) is 1. The molecule has 0 aliphatic heterocycles. The van der Waals surface area contributed by atoms with Gasteiger partial charge < -0.3 is 14.5 Å². The van der Waals surface area contributed by atoms with E-state index in [2.05, 4.69) is 11.4 Å². The van der Waals surface area contributed by atoms with E-state index in [1.165, 1.54) is 18.4 Å². The van der Waals surface area contributed by atoms with Crippen molar-refractivity contribution in [3.8, 4) is 6.07 Å². The number of ether oxygens (including phenoxy) is 1. The molecule has 1 amide bonds. The lowest BCUT2D eigenvalue weighted by Crippen LogP contribution is -2.33. The lowest BCUT2D eigenvalue weighted by molar-refractivity contribution is -0.117. The average molecular weight is 401 g/mol. The fourth-order valence-corrected chi connectivity index (χ4v) is 4.68. The molecule has 1 aliphatic rings. The molecule has 2 aromatic heterocycles. The first kappa shape index (κ1) is 20.1. The quantitative estimate of drug-likeness (QED) is 0.682. The molecule has 0 saturated heterocycles. The molecule has 0 atom stereocenters. The molecule has 0 saturated carbocycles. The van der Waals surface area contributed by atoms with Gasteiger partial charge >= 0.3 is 5.97 Å². The first-order valence-electron chi connectivity index (χ1n) is 9.26. The first-order valence-corrected chi connectivity index (χ1v) is 10.1. The Morgan fingerprint density at radius 2 is 2.21 bits per heavy atom. The minimum atomic E-state index is -0.411. The van der Waals surface area contributed by atoms with Crippen LogP contribution in [0.25, 0.3) is 0 Å². The van der Waals surface area contributed by atoms with Crippen molar-refractivity contribution in [1.29, 1.82) is 5.26 Å². The second-order valence-corrected chi connectivity index (χ2v) is 7.76. The van der Waals surface area contributed by atoms with Gasteiger partial charge in [0.2, 0.25) is 5.91 Å². The van der Waals surface area contributed by atoms with Crippen LogP contribution in [0.5, 0.6) is 0 Å². The number of fused-ring (bicyclic) bond motifs is 1. The smallest absolute Gasteiger partial charge is 0.341 e. The Kier molecular flexibility index (Phi) is 6.85. The van der Waals surface area contributed by atoms with Crippen LogP contribution in [0.1, 0.15) is 45.8 Å². The third-order valence-corrected chi connectivity index (χ3v) is 5.89. The third kappa shape index (κ3) is 4.80. The predicted octanol–water partition coefficient (Wildman–Crippen LogP) is 3.36. The summed E-state index contributed by atoms with van der Waals surface area (Å²) in [6.45, 7) is 0.994. The molecule has 0 unspecified atom stereocenters. The van der Waals surface area contributed by atoms with Crippen molar-refractivity contribution < 1.29 is 18.7 Å². The SMILES string of the molecule is COC(=O)c1c(NC(=O)CN(CCC#N)Cc2ccco2)sc2c1CCCC2. The third-order valence-electron chi connectivity index (χ3n) is 4.68. The van der Waals surface area contributed by atoms with Crippen molar-refractivity contribution in [2.24, 2.45) is 0 Å². The number of aryl methyl sites for hydroxylation is 1. The van der Waals surface area contributed by atoms with E-state index in [4.69, 9.17) is 14.4 Å². The molecule has 1 aliphatic carbocycles. The molecule has 1 N–H and O–H groups in total. The van der Waals surface area contributed by atoms with Gasteiger partial charge in [0.15, 0.2) is 0 Å². The number of hydrogen-bond acceptors (Lipinski definition) is 7. The molecule has 0 spiro atoms. The van der Waals surface area contributed by atoms with Gasteiger partial charge in [-0.3, -0.25) is 9.69 Å². The Balaban J connectivity index is 1.73. The van der Waals surface area contributed by atoms with Gasteiger partial charge in [0, 0.05) is 17.8 Å². The molecule has 0 aromatic carbocycles. The highest BCUT2D eigenvalue weighted by molar-refractivity contribution is 7.17. The van der Waals surface area contributed by atoms with Crippen LogP contribution >= 0.6 is 11.3 Å². The zero-order chi connectivity index (χ0) is 19.9. The van der Waals surface area contributed by atoms with Gasteiger partial charge in [0.25, 0.3) is 0 Å². The van der Waals surface area contributed by atoms with Gasteiger partial charge in [-0.05, 0) is 43.4 Å². The van der Waals surface area contributed by atoms with Gasteiger partial charge in [0.1, 0.15) is 10.8 Å². The molecule has 0 bridgehead atoms. The highest BCUT2D eigenvalue weighted by atomic mass is 32.1. The van der Waals surface area contributed by atoms with E-state index in [9.17, 15) is 9.59 Å². The largest absolute Gasteiger partial charge is 0.468 e. The number of carbonyl (C=O) groups is 2. The standard InChI is InChI=1S/C20H23N3O4S/c1-26-20(25)18-15-7-2-3-8-16(15)28-19(18)22-17(24)13-23(10-5-9-21)12-14-6-4-11-27-14/h4,6,11H,2-3,5,7-8,10,12-13H2,1H3,(H,22,24). The Hall–Kier alpha value is -2.63. The number of nitriles is 1. The fourth-order valence-electron chi connectivity index (χ4n) is 3.39. The van der Waals surface area contributed by atoms with Crippen LogP contribution in [0.2, 0.25) is 0 Å². The Morgan fingerprint density at radius 3 is 2.93 bits per heavy atom. The van der Waals surface area contributed by atoms with Gasteiger partial charge in [-0.15, -0.1) is 11.3 Å². The summed E-state index contributed by atoms with van der Waals surface area (Å²) in [5, 5.41) is 12.3. The van der Waals surface area contributed by atoms with Crippen molar-refractivity contribution in [1.82, 2.24) is 4.90 Å². The number of nitrogens with zero attached hydrogens (tertiary/aromatic N) is 2. The maximum absolute atomic E-state index is 12.7. The number of furan rings is 1. The molecule has 0 fully saturated rings. The summed E-state index contributed by atoms with van der Waals surface area (Å²) in [6.07, 6.45) is 5.77. The van der Waals surface area contributed by atoms with E-state index in [0.717, 1.165) is 41.9 Å². The molecule has 8 heteroatoms. The van der Waals surface area contributed by atoms with Crippen LogP contribution in [-0.4, -0.2) is 37.0 Å². The van der Waals surface area contributed by atoms with Crippen LogP contribution in [0, 0.1) is 11.3 Å². The summed E-state index contributed by atoms with van der Waals surface area (Å²) in [5.74, 6) is 0.0902. The predicted molar refractivity (Wildman–Crippen MR) is 105 cm³/mol. The van der Waals surface area contributed by atoms with E-state index >= 15 is 0 Å². The number of methoxy groups -OCH3 is 1. The fraction of sp³-hybridized carbons (Fsp3) is 0.450. The molecular weight excluding hydrogens is 378 g/mol. The van der Waals surface area contributed by atoms with Gasteiger partial charge in [-0.25, -0.2) is 4.79 Å². The first-order chi connectivity index (χ1) is 13.6. The van der Waals surface area contributed by atoms with E-state index < -0.39 is 5.97 Å². The maximum Gasteiger partial charge on any atom is 0.341 e. The minimum absolute atomic E-state index is 0.103. The topological polar surface area (TPSA) is 95.6 Å². The van der Waals surface area contributed by atoms with E-state index in [1.54, 1.807) is 12.3 Å². The second kappa shape index (κ2) is 9.53. The van der Waals surface area contributed by atoms with Gasteiger partial charge in [0.05, 0.1) is 38.1 Å². The normalized spacial score (nSPS) is 13.0. The summed E-state index contributed by atoms with van der Waals surface area (Å²) in [4.78, 5) is 28.0. The van der Waals surface area contributed by atoms with Crippen LogP contribution in [0.15, 0.2) is 22.8 Å². The van der Waals surface area contributed by atoms with Crippen molar-refractivity contribution in [2.45, 2.75) is 38.6 Å². The number of carbonyl (C=O) groups excluding carboxylic acids is 2. The van der Waals surface area contributed by atoms with Crippen LogP contribution < -0.4 is 5.32 Å². The van der Waals surface area contributed by atoms with Crippen LogP contribution in [0.4, 0.5) is 5.00 Å². The highest BCUT2D eigenvalue weighted by Gasteiger charge is 2.27.